The summed E-state index contributed by atoms with van der Waals surface area (Å²) in [6.07, 6.45) is 0. The molecule has 0 heterocycles. The van der Waals surface area contributed by atoms with E-state index in [2.05, 4.69) is 52.5 Å². The lowest BCUT2D eigenvalue weighted by molar-refractivity contribution is 0.600. The van der Waals surface area contributed by atoms with Crippen molar-refractivity contribution in [1.82, 2.24) is 0 Å². The van der Waals surface area contributed by atoms with E-state index in [1.54, 1.807) is 30.3 Å². The maximum Gasteiger partial charge on any atom is 0.263 e. The van der Waals surface area contributed by atoms with E-state index in [9.17, 15) is 8.42 Å². The highest BCUT2D eigenvalue weighted by molar-refractivity contribution is 9.11. The number of sulfonamides is 1. The molecule has 0 aliphatic carbocycles. The maximum absolute atomic E-state index is 12.5. The molecule has 8 heteroatoms. The van der Waals surface area contributed by atoms with Gasteiger partial charge < -0.3 is 0 Å². The molecular weight excluding hydrogens is 509 g/mol. The maximum atomic E-state index is 12.5. The van der Waals surface area contributed by atoms with Crippen molar-refractivity contribution in [2.24, 2.45) is 0 Å². The highest BCUT2D eigenvalue weighted by Crippen LogP contribution is 2.31. The van der Waals surface area contributed by atoms with E-state index < -0.39 is 10.0 Å². The second-order valence-corrected chi connectivity index (χ2v) is 8.89. The summed E-state index contributed by atoms with van der Waals surface area (Å²) in [5.74, 6) is 0. The molecule has 2 aromatic carbocycles. The summed E-state index contributed by atoms with van der Waals surface area (Å²) in [6.45, 7) is 1.88. The Morgan fingerprint density at radius 2 is 1.67 bits per heavy atom. The van der Waals surface area contributed by atoms with Crippen molar-refractivity contribution in [2.75, 3.05) is 4.72 Å². The molecular formula is C13H9Br3ClNO2S. The molecule has 0 spiro atoms. The van der Waals surface area contributed by atoms with Crippen LogP contribution in [-0.2, 0) is 10.0 Å². The third kappa shape index (κ3) is 4.01. The Bertz CT molecular complexity index is 809. The molecule has 0 aliphatic heterocycles. The highest BCUT2D eigenvalue weighted by Gasteiger charge is 2.19. The monoisotopic (exact) mass is 515 g/mol. The third-order valence-electron chi connectivity index (χ3n) is 2.67. The van der Waals surface area contributed by atoms with Crippen LogP contribution in [0, 0.1) is 6.92 Å². The molecule has 0 saturated heterocycles. The lowest BCUT2D eigenvalue weighted by Crippen LogP contribution is -2.13. The van der Waals surface area contributed by atoms with Crippen molar-refractivity contribution in [1.29, 1.82) is 0 Å². The Labute approximate surface area is 153 Å². The highest BCUT2D eigenvalue weighted by atomic mass is 79.9. The standard InChI is InChI=1S/C13H9Br3ClNO2S/c1-7-4-11(16)13(6-10(7)15)21(19,20)18-8-2-3-9(14)12(17)5-8/h2-6,18H,1H3. The molecule has 0 radical (unpaired) electrons. The summed E-state index contributed by atoms with van der Waals surface area (Å²) < 4.78 is 29.4. The number of nitrogens with one attached hydrogen (secondary N) is 1. The van der Waals surface area contributed by atoms with Crippen molar-refractivity contribution in [3.8, 4) is 0 Å². The predicted molar refractivity (Wildman–Crippen MR) is 96.5 cm³/mol. The van der Waals surface area contributed by atoms with Gasteiger partial charge in [-0.25, -0.2) is 8.42 Å². The van der Waals surface area contributed by atoms with Gasteiger partial charge in [0.05, 0.1) is 10.7 Å². The average Bonchev–Trinajstić information content (AvgIpc) is 2.37. The van der Waals surface area contributed by atoms with E-state index in [1.807, 2.05) is 6.92 Å². The van der Waals surface area contributed by atoms with Gasteiger partial charge in [-0.3, -0.25) is 4.72 Å². The molecule has 21 heavy (non-hydrogen) atoms. The zero-order valence-electron chi connectivity index (χ0n) is 10.6. The fraction of sp³-hybridized carbons (Fsp3) is 0.0769. The first-order valence-corrected chi connectivity index (χ1v) is 9.88. The summed E-state index contributed by atoms with van der Waals surface area (Å²) in [5, 5.41) is 0.430. The Hall–Kier alpha value is -0.0800. The van der Waals surface area contributed by atoms with Gasteiger partial charge in [-0.05, 0) is 74.7 Å². The number of rotatable bonds is 3. The molecule has 0 bridgehead atoms. The van der Waals surface area contributed by atoms with Crippen LogP contribution in [0.25, 0.3) is 0 Å². The van der Waals surface area contributed by atoms with E-state index in [-0.39, 0.29) is 4.90 Å². The number of hydrogen-bond donors (Lipinski definition) is 1. The number of benzene rings is 2. The largest absolute Gasteiger partial charge is 0.280 e. The summed E-state index contributed by atoms with van der Waals surface area (Å²) in [6, 6.07) is 8.15. The minimum atomic E-state index is -3.71. The van der Waals surface area contributed by atoms with E-state index >= 15 is 0 Å². The quantitative estimate of drug-likeness (QED) is 0.564. The molecule has 0 unspecified atom stereocenters. The van der Waals surface area contributed by atoms with Gasteiger partial charge in [0.2, 0.25) is 0 Å². The molecule has 3 nitrogen and oxygen atoms in total. The third-order valence-corrected chi connectivity index (χ3v) is 7.10. The number of aryl methyl sites for hydroxylation is 1. The van der Waals surface area contributed by atoms with Crippen LogP contribution in [0.5, 0.6) is 0 Å². The van der Waals surface area contributed by atoms with Crippen molar-refractivity contribution >= 4 is 75.1 Å². The van der Waals surface area contributed by atoms with Gasteiger partial charge >= 0.3 is 0 Å². The van der Waals surface area contributed by atoms with E-state index in [1.165, 1.54) is 0 Å². The van der Waals surface area contributed by atoms with Crippen LogP contribution >= 0.6 is 59.4 Å². The number of anilines is 1. The lowest BCUT2D eigenvalue weighted by atomic mass is 10.2. The fourth-order valence-corrected chi connectivity index (χ4v) is 4.76. The molecule has 0 aliphatic rings. The molecule has 2 rings (SSSR count). The molecule has 0 aromatic heterocycles. The fourth-order valence-electron chi connectivity index (χ4n) is 1.60. The first-order valence-electron chi connectivity index (χ1n) is 5.64. The van der Waals surface area contributed by atoms with Crippen LogP contribution in [0.1, 0.15) is 5.56 Å². The summed E-state index contributed by atoms with van der Waals surface area (Å²) >= 11 is 15.8. The molecule has 1 N–H and O–H groups in total. The average molecular weight is 518 g/mol. The van der Waals surface area contributed by atoms with Crippen molar-refractivity contribution < 1.29 is 8.42 Å². The van der Waals surface area contributed by atoms with Crippen molar-refractivity contribution in [2.45, 2.75) is 11.8 Å². The molecule has 0 atom stereocenters. The Balaban J connectivity index is 2.43. The van der Waals surface area contributed by atoms with Crippen LogP contribution in [0.15, 0.2) is 48.6 Å². The van der Waals surface area contributed by atoms with E-state index in [0.29, 0.717) is 19.7 Å². The SMILES string of the molecule is Cc1cc(Br)c(S(=O)(=O)Nc2ccc(Br)c(Cl)c2)cc1Br. The smallest absolute Gasteiger partial charge is 0.263 e. The zero-order valence-corrected chi connectivity index (χ0v) is 17.0. The van der Waals surface area contributed by atoms with Crippen LogP contribution in [0.4, 0.5) is 5.69 Å². The molecule has 2 aromatic rings. The topological polar surface area (TPSA) is 46.2 Å². The molecule has 0 amide bonds. The number of hydrogen-bond acceptors (Lipinski definition) is 2. The van der Waals surface area contributed by atoms with E-state index in [4.69, 9.17) is 11.6 Å². The molecule has 112 valence electrons. The van der Waals surface area contributed by atoms with Gasteiger partial charge in [-0.15, -0.1) is 0 Å². The summed E-state index contributed by atoms with van der Waals surface area (Å²) in [7, 11) is -3.71. The second kappa shape index (κ2) is 6.58. The second-order valence-electron chi connectivity index (χ2n) is 4.27. The first-order chi connectivity index (χ1) is 9.70. The van der Waals surface area contributed by atoms with Crippen LogP contribution in [-0.4, -0.2) is 8.42 Å². The molecule has 0 fully saturated rings. The van der Waals surface area contributed by atoms with Gasteiger partial charge in [-0.1, -0.05) is 27.5 Å². The minimum Gasteiger partial charge on any atom is -0.280 e. The van der Waals surface area contributed by atoms with Crippen molar-refractivity contribution in [3.05, 3.63) is 54.3 Å². The van der Waals surface area contributed by atoms with Gasteiger partial charge in [0.1, 0.15) is 4.90 Å². The van der Waals surface area contributed by atoms with E-state index in [0.717, 1.165) is 10.0 Å². The summed E-state index contributed by atoms with van der Waals surface area (Å²) in [5.41, 5.74) is 1.33. The van der Waals surface area contributed by atoms with Gasteiger partial charge in [0.25, 0.3) is 10.0 Å². The van der Waals surface area contributed by atoms with Gasteiger partial charge in [0, 0.05) is 13.4 Å². The van der Waals surface area contributed by atoms with Crippen LogP contribution in [0.2, 0.25) is 5.02 Å². The van der Waals surface area contributed by atoms with Gasteiger partial charge in [-0.2, -0.15) is 0 Å². The Morgan fingerprint density at radius 3 is 2.29 bits per heavy atom. The number of halogens is 4. The van der Waals surface area contributed by atoms with Crippen molar-refractivity contribution in [3.63, 3.8) is 0 Å². The Morgan fingerprint density at radius 1 is 1.00 bits per heavy atom. The van der Waals surface area contributed by atoms with Crippen LogP contribution < -0.4 is 4.72 Å². The molecule has 0 saturated carbocycles. The lowest BCUT2D eigenvalue weighted by Gasteiger charge is -2.12. The zero-order chi connectivity index (χ0) is 15.8. The van der Waals surface area contributed by atoms with Crippen LogP contribution in [0.3, 0.4) is 0 Å². The first kappa shape index (κ1) is 17.3. The van der Waals surface area contributed by atoms with Gasteiger partial charge in [0.15, 0.2) is 0 Å². The Kier molecular flexibility index (Phi) is 5.41. The normalized spacial score (nSPS) is 11.5. The predicted octanol–water partition coefficient (Wildman–Crippen LogP) is 5.74. The minimum absolute atomic E-state index is 0.152. The summed E-state index contributed by atoms with van der Waals surface area (Å²) in [4.78, 5) is 0.152.